The maximum atomic E-state index is 12.8. The third-order valence-electron chi connectivity index (χ3n) is 2.99. The van der Waals surface area contributed by atoms with Gasteiger partial charge in [0.1, 0.15) is 5.82 Å². The molecule has 90 valence electrons. The minimum absolute atomic E-state index is 0.228. The molecule has 0 radical (unpaired) electrons. The second kappa shape index (κ2) is 5.46. The number of halogens is 1. The van der Waals surface area contributed by atoms with E-state index in [-0.39, 0.29) is 11.7 Å². The van der Waals surface area contributed by atoms with Crippen LogP contribution in [0.4, 0.5) is 4.39 Å². The summed E-state index contributed by atoms with van der Waals surface area (Å²) < 4.78 is 12.8. The molecule has 0 N–H and O–H groups in total. The Kier molecular flexibility index (Phi) is 3.74. The van der Waals surface area contributed by atoms with Crippen molar-refractivity contribution in [1.29, 1.82) is 5.26 Å². The van der Waals surface area contributed by atoms with Crippen molar-refractivity contribution in [2.45, 2.75) is 19.3 Å². The molecular weight excluding hydrogens is 225 g/mol. The van der Waals surface area contributed by atoms with Crippen molar-refractivity contribution in [3.05, 3.63) is 71.0 Å². The highest BCUT2D eigenvalue weighted by molar-refractivity contribution is 5.30. The van der Waals surface area contributed by atoms with Crippen molar-refractivity contribution < 1.29 is 4.39 Å². The second-order valence-corrected chi connectivity index (χ2v) is 4.42. The highest BCUT2D eigenvalue weighted by Crippen LogP contribution is 2.20. The van der Waals surface area contributed by atoms with Gasteiger partial charge in [0, 0.05) is 0 Å². The van der Waals surface area contributed by atoms with E-state index < -0.39 is 0 Å². The van der Waals surface area contributed by atoms with Gasteiger partial charge in [0.25, 0.3) is 0 Å². The zero-order chi connectivity index (χ0) is 13.0. The Hall–Kier alpha value is -2.14. The number of benzene rings is 2. The van der Waals surface area contributed by atoms with Gasteiger partial charge in [0.2, 0.25) is 0 Å². The number of aryl methyl sites for hydroxylation is 1. The van der Waals surface area contributed by atoms with Crippen LogP contribution < -0.4 is 0 Å². The Morgan fingerprint density at radius 2 is 1.67 bits per heavy atom. The number of nitriles is 1. The predicted molar refractivity (Wildman–Crippen MR) is 69.6 cm³/mol. The van der Waals surface area contributed by atoms with E-state index in [0.29, 0.717) is 6.42 Å². The van der Waals surface area contributed by atoms with E-state index in [1.165, 1.54) is 17.7 Å². The molecule has 2 aromatic carbocycles. The third kappa shape index (κ3) is 2.95. The van der Waals surface area contributed by atoms with Crippen molar-refractivity contribution in [1.82, 2.24) is 0 Å². The molecule has 0 bridgehead atoms. The molecule has 0 aliphatic carbocycles. The van der Waals surface area contributed by atoms with Gasteiger partial charge in [-0.2, -0.15) is 5.26 Å². The van der Waals surface area contributed by atoms with E-state index in [1.54, 1.807) is 12.1 Å². The van der Waals surface area contributed by atoms with Gasteiger partial charge in [-0.05, 0) is 36.6 Å². The quantitative estimate of drug-likeness (QED) is 0.794. The predicted octanol–water partition coefficient (Wildman–Crippen LogP) is 3.98. The fraction of sp³-hybridized carbons (Fsp3) is 0.188. The summed E-state index contributed by atoms with van der Waals surface area (Å²) in [7, 11) is 0. The van der Waals surface area contributed by atoms with Crippen LogP contribution in [0.5, 0.6) is 0 Å². The summed E-state index contributed by atoms with van der Waals surface area (Å²) in [4.78, 5) is 0. The van der Waals surface area contributed by atoms with E-state index >= 15 is 0 Å². The summed E-state index contributed by atoms with van der Waals surface area (Å²) in [5.74, 6) is -0.501. The summed E-state index contributed by atoms with van der Waals surface area (Å²) >= 11 is 0. The van der Waals surface area contributed by atoms with Crippen LogP contribution >= 0.6 is 0 Å². The van der Waals surface area contributed by atoms with Gasteiger partial charge >= 0.3 is 0 Å². The first-order valence-electron chi connectivity index (χ1n) is 5.89. The van der Waals surface area contributed by atoms with Gasteiger partial charge < -0.3 is 0 Å². The lowest BCUT2D eigenvalue weighted by molar-refractivity contribution is 0.626. The average molecular weight is 239 g/mol. The second-order valence-electron chi connectivity index (χ2n) is 4.42. The third-order valence-corrected chi connectivity index (χ3v) is 2.99. The lowest BCUT2D eigenvalue weighted by Crippen LogP contribution is -2.00. The van der Waals surface area contributed by atoms with Crippen molar-refractivity contribution >= 4 is 0 Å². The van der Waals surface area contributed by atoms with Gasteiger partial charge in [0.05, 0.1) is 12.0 Å². The fourth-order valence-corrected chi connectivity index (χ4v) is 1.89. The van der Waals surface area contributed by atoms with Gasteiger partial charge in [-0.1, -0.05) is 42.0 Å². The zero-order valence-electron chi connectivity index (χ0n) is 10.2. The molecule has 1 atom stereocenters. The Labute approximate surface area is 107 Å². The summed E-state index contributed by atoms with van der Waals surface area (Å²) in [5, 5.41) is 9.22. The van der Waals surface area contributed by atoms with E-state index in [2.05, 4.69) is 6.07 Å². The van der Waals surface area contributed by atoms with Crippen LogP contribution in [-0.2, 0) is 6.42 Å². The smallest absolute Gasteiger partial charge is 0.123 e. The number of hydrogen-bond acceptors (Lipinski definition) is 1. The van der Waals surface area contributed by atoms with Crippen molar-refractivity contribution in [2.24, 2.45) is 0 Å². The Morgan fingerprint density at radius 3 is 2.22 bits per heavy atom. The van der Waals surface area contributed by atoms with Crippen LogP contribution in [0.25, 0.3) is 0 Å². The first kappa shape index (κ1) is 12.3. The van der Waals surface area contributed by atoms with Gasteiger partial charge in [0.15, 0.2) is 0 Å². The highest BCUT2D eigenvalue weighted by atomic mass is 19.1. The monoisotopic (exact) mass is 239 g/mol. The van der Waals surface area contributed by atoms with Gasteiger partial charge in [-0.3, -0.25) is 0 Å². The van der Waals surface area contributed by atoms with Gasteiger partial charge in [-0.25, -0.2) is 4.39 Å². The standard InChI is InChI=1S/C16H14FN/c1-12-2-4-13(5-3-12)10-15(11-18)14-6-8-16(17)9-7-14/h2-9,15H,10H2,1H3. The molecule has 0 saturated heterocycles. The van der Waals surface area contributed by atoms with Crippen LogP contribution in [-0.4, -0.2) is 0 Å². The molecule has 0 aliphatic rings. The average Bonchev–Trinajstić information content (AvgIpc) is 2.39. The van der Waals surface area contributed by atoms with Crippen molar-refractivity contribution in [3.63, 3.8) is 0 Å². The minimum atomic E-state index is -0.272. The zero-order valence-corrected chi connectivity index (χ0v) is 10.2. The molecule has 18 heavy (non-hydrogen) atoms. The van der Waals surface area contributed by atoms with E-state index in [1.807, 2.05) is 31.2 Å². The first-order valence-corrected chi connectivity index (χ1v) is 5.89. The van der Waals surface area contributed by atoms with Crippen LogP contribution in [0.2, 0.25) is 0 Å². The molecule has 0 aliphatic heterocycles. The lowest BCUT2D eigenvalue weighted by Gasteiger charge is -2.09. The lowest BCUT2D eigenvalue weighted by atomic mass is 9.93. The maximum absolute atomic E-state index is 12.8. The molecule has 0 fully saturated rings. The van der Waals surface area contributed by atoms with Gasteiger partial charge in [-0.15, -0.1) is 0 Å². The molecule has 0 amide bonds. The molecule has 2 rings (SSSR count). The molecular formula is C16H14FN. The molecule has 1 unspecified atom stereocenters. The van der Waals surface area contributed by atoms with Crippen LogP contribution in [0, 0.1) is 24.1 Å². The number of nitrogens with zero attached hydrogens (tertiary/aromatic N) is 1. The molecule has 0 saturated carbocycles. The maximum Gasteiger partial charge on any atom is 0.123 e. The molecule has 1 nitrogen and oxygen atoms in total. The number of hydrogen-bond donors (Lipinski definition) is 0. The highest BCUT2D eigenvalue weighted by Gasteiger charge is 2.11. The Balaban J connectivity index is 2.17. The van der Waals surface area contributed by atoms with Crippen LogP contribution in [0.15, 0.2) is 48.5 Å². The Bertz CT molecular complexity index is 549. The summed E-state index contributed by atoms with van der Waals surface area (Å²) in [6, 6.07) is 16.6. The topological polar surface area (TPSA) is 23.8 Å². The molecule has 0 heterocycles. The normalized spacial score (nSPS) is 11.8. The summed E-state index contributed by atoms with van der Waals surface area (Å²) in [6.45, 7) is 2.03. The Morgan fingerprint density at radius 1 is 1.06 bits per heavy atom. The molecule has 2 aromatic rings. The van der Waals surface area contributed by atoms with Crippen LogP contribution in [0.3, 0.4) is 0 Å². The van der Waals surface area contributed by atoms with Crippen LogP contribution in [0.1, 0.15) is 22.6 Å². The molecule has 0 aromatic heterocycles. The molecule has 2 heteroatoms. The fourth-order valence-electron chi connectivity index (χ4n) is 1.89. The molecule has 0 spiro atoms. The van der Waals surface area contributed by atoms with Crippen molar-refractivity contribution in [3.8, 4) is 6.07 Å². The van der Waals surface area contributed by atoms with E-state index in [4.69, 9.17) is 0 Å². The first-order chi connectivity index (χ1) is 8.69. The largest absolute Gasteiger partial charge is 0.207 e. The summed E-state index contributed by atoms with van der Waals surface area (Å²) in [5.41, 5.74) is 3.19. The summed E-state index contributed by atoms with van der Waals surface area (Å²) in [6.07, 6.45) is 0.655. The minimum Gasteiger partial charge on any atom is -0.207 e. The SMILES string of the molecule is Cc1ccc(CC(C#N)c2ccc(F)cc2)cc1. The number of rotatable bonds is 3. The van der Waals surface area contributed by atoms with E-state index in [9.17, 15) is 9.65 Å². The van der Waals surface area contributed by atoms with Crippen molar-refractivity contribution in [2.75, 3.05) is 0 Å². The van der Waals surface area contributed by atoms with E-state index in [0.717, 1.165) is 11.1 Å².